The van der Waals surface area contributed by atoms with E-state index in [1.807, 2.05) is 31.2 Å². The Morgan fingerprint density at radius 3 is 2.42 bits per heavy atom. The predicted molar refractivity (Wildman–Crippen MR) is 94.4 cm³/mol. The Morgan fingerprint density at radius 1 is 1.00 bits per heavy atom. The van der Waals surface area contributed by atoms with E-state index in [1.165, 1.54) is 0 Å². The molecule has 6 heteroatoms. The summed E-state index contributed by atoms with van der Waals surface area (Å²) in [5.74, 6) is 1.44. The average molecular weight is 349 g/mol. The van der Waals surface area contributed by atoms with E-state index in [-0.39, 0.29) is 4.90 Å². The van der Waals surface area contributed by atoms with Crippen LogP contribution in [0.1, 0.15) is 16.7 Å². The predicted octanol–water partition coefficient (Wildman–Crippen LogP) is 2.84. The number of hydrogen-bond donors (Lipinski definition) is 1. The molecule has 0 saturated heterocycles. The van der Waals surface area contributed by atoms with Crippen molar-refractivity contribution in [1.29, 1.82) is 0 Å². The van der Waals surface area contributed by atoms with Crippen LogP contribution in [0.4, 0.5) is 0 Å². The normalized spacial score (nSPS) is 11.3. The van der Waals surface area contributed by atoms with Crippen LogP contribution in [-0.2, 0) is 16.4 Å². The third-order valence-corrected chi connectivity index (χ3v) is 5.42. The van der Waals surface area contributed by atoms with Gasteiger partial charge in [0.1, 0.15) is 11.5 Å². The minimum Gasteiger partial charge on any atom is -0.497 e. The van der Waals surface area contributed by atoms with Crippen LogP contribution in [0.2, 0.25) is 0 Å². The van der Waals surface area contributed by atoms with E-state index in [1.54, 1.807) is 33.3 Å². The highest BCUT2D eigenvalue weighted by Gasteiger charge is 2.18. The molecule has 0 aliphatic rings. The number of nitrogens with one attached hydrogen (secondary N) is 1. The molecule has 2 rings (SSSR count). The van der Waals surface area contributed by atoms with Gasteiger partial charge in [0.25, 0.3) is 0 Å². The first-order valence-electron chi connectivity index (χ1n) is 7.65. The average Bonchev–Trinajstić information content (AvgIpc) is 2.56. The van der Waals surface area contributed by atoms with Crippen molar-refractivity contribution in [2.45, 2.75) is 25.2 Å². The van der Waals surface area contributed by atoms with Gasteiger partial charge < -0.3 is 9.47 Å². The molecule has 0 aliphatic heterocycles. The van der Waals surface area contributed by atoms with Crippen molar-refractivity contribution in [2.24, 2.45) is 0 Å². The fourth-order valence-electron chi connectivity index (χ4n) is 2.51. The summed E-state index contributed by atoms with van der Waals surface area (Å²) in [6, 6.07) is 11.0. The van der Waals surface area contributed by atoms with Gasteiger partial charge in [0.15, 0.2) is 0 Å². The van der Waals surface area contributed by atoms with E-state index < -0.39 is 10.0 Å². The largest absolute Gasteiger partial charge is 0.497 e. The zero-order valence-electron chi connectivity index (χ0n) is 14.4. The molecule has 0 saturated carbocycles. The summed E-state index contributed by atoms with van der Waals surface area (Å²) >= 11 is 0. The third-order valence-electron chi connectivity index (χ3n) is 3.82. The Labute approximate surface area is 143 Å². The van der Waals surface area contributed by atoms with Crippen molar-refractivity contribution in [3.05, 3.63) is 53.1 Å². The van der Waals surface area contributed by atoms with E-state index in [9.17, 15) is 8.42 Å². The number of rotatable bonds is 7. The summed E-state index contributed by atoms with van der Waals surface area (Å²) in [6.07, 6.45) is 0.588. The monoisotopic (exact) mass is 349 g/mol. The molecule has 2 aromatic carbocycles. The summed E-state index contributed by atoms with van der Waals surface area (Å²) in [7, 11) is -0.382. The Hall–Kier alpha value is -2.05. The van der Waals surface area contributed by atoms with Crippen LogP contribution in [0.25, 0.3) is 0 Å². The maximum Gasteiger partial charge on any atom is 0.240 e. The summed E-state index contributed by atoms with van der Waals surface area (Å²) in [4.78, 5) is 0.284. The second-order valence-corrected chi connectivity index (χ2v) is 7.32. The van der Waals surface area contributed by atoms with E-state index in [4.69, 9.17) is 9.47 Å². The molecule has 0 bridgehead atoms. The summed E-state index contributed by atoms with van der Waals surface area (Å²) in [5.41, 5.74) is 2.46. The molecule has 0 fully saturated rings. The molecule has 0 atom stereocenters. The number of methoxy groups -OCH3 is 2. The minimum atomic E-state index is -3.56. The van der Waals surface area contributed by atoms with E-state index in [0.717, 1.165) is 16.9 Å². The van der Waals surface area contributed by atoms with Crippen LogP contribution in [0.3, 0.4) is 0 Å². The van der Waals surface area contributed by atoms with Gasteiger partial charge in [0.05, 0.1) is 19.1 Å². The smallest absolute Gasteiger partial charge is 0.240 e. The lowest BCUT2D eigenvalue weighted by Gasteiger charge is -2.13. The van der Waals surface area contributed by atoms with Crippen molar-refractivity contribution in [2.75, 3.05) is 20.8 Å². The van der Waals surface area contributed by atoms with Gasteiger partial charge in [-0.1, -0.05) is 12.1 Å². The van der Waals surface area contributed by atoms with Gasteiger partial charge in [-0.15, -0.1) is 0 Å². The van der Waals surface area contributed by atoms with Gasteiger partial charge in [0, 0.05) is 6.54 Å². The summed E-state index contributed by atoms with van der Waals surface area (Å²) in [6.45, 7) is 3.91. The molecule has 0 heterocycles. The van der Waals surface area contributed by atoms with E-state index >= 15 is 0 Å². The Morgan fingerprint density at radius 2 is 1.75 bits per heavy atom. The topological polar surface area (TPSA) is 64.6 Å². The molecule has 0 aromatic heterocycles. The van der Waals surface area contributed by atoms with Crippen LogP contribution in [-0.4, -0.2) is 29.2 Å². The number of ether oxygens (including phenoxy) is 2. The van der Waals surface area contributed by atoms with Crippen molar-refractivity contribution >= 4 is 10.0 Å². The molecule has 0 radical (unpaired) electrons. The lowest BCUT2D eigenvalue weighted by molar-refractivity contribution is 0.411. The zero-order valence-corrected chi connectivity index (χ0v) is 15.2. The molecule has 0 aliphatic carbocycles. The SMILES string of the molecule is COc1cccc(CCNS(=O)(=O)c2cc(C)c(OC)cc2C)c1. The standard InChI is InChI=1S/C18H23NO4S/c1-13-11-18(14(2)10-17(13)23-4)24(20,21)19-9-8-15-6-5-7-16(12-15)22-3/h5-7,10-12,19H,8-9H2,1-4H3. The third kappa shape index (κ3) is 4.27. The van der Waals surface area contributed by atoms with Crippen LogP contribution >= 0.6 is 0 Å². The Bertz CT molecular complexity index is 816. The molecule has 2 aromatic rings. The highest BCUT2D eigenvalue weighted by atomic mass is 32.2. The molecular weight excluding hydrogens is 326 g/mol. The lowest BCUT2D eigenvalue weighted by Crippen LogP contribution is -2.26. The number of benzene rings is 2. The van der Waals surface area contributed by atoms with E-state index in [0.29, 0.717) is 24.3 Å². The number of hydrogen-bond acceptors (Lipinski definition) is 4. The quantitative estimate of drug-likeness (QED) is 0.835. The molecular formula is C18H23NO4S. The number of aryl methyl sites for hydroxylation is 2. The molecule has 1 N–H and O–H groups in total. The Balaban J connectivity index is 2.10. The fraction of sp³-hybridized carbons (Fsp3) is 0.333. The Kier molecular flexibility index (Phi) is 5.85. The van der Waals surface area contributed by atoms with Crippen molar-refractivity contribution < 1.29 is 17.9 Å². The maximum absolute atomic E-state index is 12.5. The summed E-state index contributed by atoms with van der Waals surface area (Å²) < 4.78 is 38.1. The first-order chi connectivity index (χ1) is 11.4. The van der Waals surface area contributed by atoms with Gasteiger partial charge in [-0.05, 0) is 61.2 Å². The first-order valence-corrected chi connectivity index (χ1v) is 9.13. The van der Waals surface area contributed by atoms with Crippen molar-refractivity contribution in [3.63, 3.8) is 0 Å². The van der Waals surface area contributed by atoms with E-state index in [2.05, 4.69) is 4.72 Å². The van der Waals surface area contributed by atoms with Gasteiger partial charge in [-0.2, -0.15) is 0 Å². The second-order valence-electron chi connectivity index (χ2n) is 5.59. The van der Waals surface area contributed by atoms with Gasteiger partial charge >= 0.3 is 0 Å². The molecule has 24 heavy (non-hydrogen) atoms. The minimum absolute atomic E-state index is 0.284. The molecule has 0 amide bonds. The van der Waals surface area contributed by atoms with Gasteiger partial charge in [-0.3, -0.25) is 0 Å². The maximum atomic E-state index is 12.5. The summed E-state index contributed by atoms with van der Waals surface area (Å²) in [5, 5.41) is 0. The molecule has 130 valence electrons. The zero-order chi connectivity index (χ0) is 17.7. The highest BCUT2D eigenvalue weighted by Crippen LogP contribution is 2.25. The second kappa shape index (κ2) is 7.68. The van der Waals surface area contributed by atoms with Crippen LogP contribution in [0.5, 0.6) is 11.5 Å². The first kappa shape index (κ1) is 18.3. The molecule has 0 spiro atoms. The highest BCUT2D eigenvalue weighted by molar-refractivity contribution is 7.89. The van der Waals surface area contributed by atoms with Gasteiger partial charge in [0.2, 0.25) is 10.0 Å². The van der Waals surface area contributed by atoms with Crippen LogP contribution < -0.4 is 14.2 Å². The van der Waals surface area contributed by atoms with Gasteiger partial charge in [-0.25, -0.2) is 13.1 Å². The molecule has 0 unspecified atom stereocenters. The number of sulfonamides is 1. The fourth-order valence-corrected chi connectivity index (χ4v) is 3.85. The van der Waals surface area contributed by atoms with Crippen LogP contribution in [0.15, 0.2) is 41.3 Å². The molecule has 5 nitrogen and oxygen atoms in total. The van der Waals surface area contributed by atoms with Crippen molar-refractivity contribution in [1.82, 2.24) is 4.72 Å². The van der Waals surface area contributed by atoms with Crippen molar-refractivity contribution in [3.8, 4) is 11.5 Å². The van der Waals surface area contributed by atoms with Crippen LogP contribution in [0, 0.1) is 13.8 Å². The lowest BCUT2D eigenvalue weighted by atomic mass is 10.1.